The van der Waals surface area contributed by atoms with Crippen molar-refractivity contribution < 1.29 is 28.6 Å². The van der Waals surface area contributed by atoms with Crippen LogP contribution in [0, 0.1) is 0 Å². The average molecular weight is 781 g/mol. The Kier molecular flexibility index (Phi) is 42.1. The van der Waals surface area contributed by atoms with Gasteiger partial charge in [-0.2, -0.15) is 0 Å². The zero-order valence-corrected chi connectivity index (χ0v) is 36.4. The average Bonchev–Trinajstić information content (AvgIpc) is 3.19. The molecule has 0 aromatic rings. The van der Waals surface area contributed by atoms with Crippen LogP contribution < -0.4 is 0 Å². The van der Waals surface area contributed by atoms with Crippen molar-refractivity contribution in [2.75, 3.05) is 13.2 Å². The van der Waals surface area contributed by atoms with E-state index in [1.165, 1.54) is 70.6 Å². The Morgan fingerprint density at radius 1 is 0.375 bits per heavy atom. The maximum atomic E-state index is 12.7. The molecule has 1 unspecified atom stereocenters. The number of carbonyl (C=O) groups excluding carboxylic acids is 3. The Morgan fingerprint density at radius 3 is 1.18 bits per heavy atom. The van der Waals surface area contributed by atoms with Crippen LogP contribution in [-0.4, -0.2) is 37.2 Å². The Labute approximate surface area is 344 Å². The van der Waals surface area contributed by atoms with Crippen LogP contribution in [0.1, 0.15) is 207 Å². The molecule has 0 spiro atoms. The third-order valence-corrected chi connectivity index (χ3v) is 9.45. The molecule has 0 bridgehead atoms. The van der Waals surface area contributed by atoms with Crippen LogP contribution >= 0.6 is 0 Å². The smallest absolute Gasteiger partial charge is 0.306 e. The highest BCUT2D eigenvalue weighted by Crippen LogP contribution is 2.12. The maximum absolute atomic E-state index is 12.7. The van der Waals surface area contributed by atoms with Crippen molar-refractivity contribution in [1.82, 2.24) is 0 Å². The molecule has 0 amide bonds. The minimum absolute atomic E-state index is 0.0966. The van der Waals surface area contributed by atoms with E-state index in [-0.39, 0.29) is 37.5 Å². The van der Waals surface area contributed by atoms with Crippen LogP contribution in [0.3, 0.4) is 0 Å². The third kappa shape index (κ3) is 42.0. The molecule has 0 fully saturated rings. The number of ether oxygens (including phenoxy) is 3. The number of allylic oxidation sites excluding steroid dienone is 12. The van der Waals surface area contributed by atoms with Crippen molar-refractivity contribution >= 4 is 17.9 Å². The lowest BCUT2D eigenvalue weighted by Gasteiger charge is -2.18. The molecular weight excluding hydrogens is 697 g/mol. The second-order valence-corrected chi connectivity index (χ2v) is 14.9. The number of hydrogen-bond donors (Lipinski definition) is 0. The van der Waals surface area contributed by atoms with E-state index in [2.05, 4.69) is 93.7 Å². The summed E-state index contributed by atoms with van der Waals surface area (Å²) in [6.07, 6.45) is 54.7. The molecule has 0 aromatic heterocycles. The van der Waals surface area contributed by atoms with Crippen LogP contribution in [0.15, 0.2) is 72.9 Å². The molecule has 6 heteroatoms. The fourth-order valence-corrected chi connectivity index (χ4v) is 6.00. The van der Waals surface area contributed by atoms with Crippen molar-refractivity contribution in [3.05, 3.63) is 72.9 Å². The second kappa shape index (κ2) is 44.6. The lowest BCUT2D eigenvalue weighted by molar-refractivity contribution is -0.167. The fourth-order valence-electron chi connectivity index (χ4n) is 6.00. The first-order valence-corrected chi connectivity index (χ1v) is 22.9. The first-order valence-electron chi connectivity index (χ1n) is 22.9. The van der Waals surface area contributed by atoms with Gasteiger partial charge in [0.25, 0.3) is 0 Å². The molecule has 0 heterocycles. The van der Waals surface area contributed by atoms with E-state index in [1.54, 1.807) is 0 Å². The van der Waals surface area contributed by atoms with Gasteiger partial charge < -0.3 is 14.2 Å². The Balaban J connectivity index is 4.42. The summed E-state index contributed by atoms with van der Waals surface area (Å²) in [5.41, 5.74) is 0. The van der Waals surface area contributed by atoms with Gasteiger partial charge in [0.2, 0.25) is 0 Å². The monoisotopic (exact) mass is 781 g/mol. The number of unbranched alkanes of at least 4 members (excludes halogenated alkanes) is 17. The predicted molar refractivity (Wildman–Crippen MR) is 238 cm³/mol. The van der Waals surface area contributed by atoms with Gasteiger partial charge in [0, 0.05) is 19.3 Å². The first-order chi connectivity index (χ1) is 27.5. The van der Waals surface area contributed by atoms with Crippen LogP contribution in [0.25, 0.3) is 0 Å². The summed E-state index contributed by atoms with van der Waals surface area (Å²) in [6, 6.07) is 0. The largest absolute Gasteiger partial charge is 0.462 e. The Bertz CT molecular complexity index is 1080. The van der Waals surface area contributed by atoms with Crippen molar-refractivity contribution in [3.8, 4) is 0 Å². The summed E-state index contributed by atoms with van der Waals surface area (Å²) in [5, 5.41) is 0. The predicted octanol–water partition coefficient (Wildman–Crippen LogP) is 14.7. The third-order valence-electron chi connectivity index (χ3n) is 9.45. The lowest BCUT2D eigenvalue weighted by atomic mass is 10.1. The molecule has 0 N–H and O–H groups in total. The zero-order chi connectivity index (χ0) is 40.8. The van der Waals surface area contributed by atoms with E-state index >= 15 is 0 Å². The molecule has 0 aliphatic rings. The minimum atomic E-state index is -0.797. The van der Waals surface area contributed by atoms with Crippen LogP contribution in [0.5, 0.6) is 0 Å². The molecule has 56 heavy (non-hydrogen) atoms. The van der Waals surface area contributed by atoms with Gasteiger partial charge in [0.05, 0.1) is 0 Å². The van der Waals surface area contributed by atoms with Gasteiger partial charge in [-0.25, -0.2) is 0 Å². The molecule has 0 radical (unpaired) electrons. The molecule has 0 aliphatic heterocycles. The van der Waals surface area contributed by atoms with E-state index in [9.17, 15) is 14.4 Å². The van der Waals surface area contributed by atoms with Crippen LogP contribution in [0.4, 0.5) is 0 Å². The maximum Gasteiger partial charge on any atom is 0.306 e. The van der Waals surface area contributed by atoms with E-state index in [0.29, 0.717) is 19.3 Å². The lowest BCUT2D eigenvalue weighted by Crippen LogP contribution is -2.30. The molecule has 6 nitrogen and oxygen atoms in total. The van der Waals surface area contributed by atoms with Gasteiger partial charge in [-0.3, -0.25) is 14.4 Å². The quantitative estimate of drug-likeness (QED) is 0.0267. The summed E-state index contributed by atoms with van der Waals surface area (Å²) in [5.74, 6) is -0.978. The van der Waals surface area contributed by atoms with Crippen molar-refractivity contribution in [2.24, 2.45) is 0 Å². The Morgan fingerprint density at radius 2 is 0.714 bits per heavy atom. The highest BCUT2D eigenvalue weighted by Gasteiger charge is 2.19. The summed E-state index contributed by atoms with van der Waals surface area (Å²) < 4.78 is 16.6. The number of hydrogen-bond acceptors (Lipinski definition) is 6. The molecule has 0 aromatic carbocycles. The summed E-state index contributed by atoms with van der Waals surface area (Å²) in [6.45, 7) is 6.39. The van der Waals surface area contributed by atoms with E-state index in [1.807, 2.05) is 0 Å². The number of rotatable bonds is 40. The summed E-state index contributed by atoms with van der Waals surface area (Å²) in [7, 11) is 0. The Hall–Kier alpha value is -3.15. The molecular formula is C50H84O6. The summed E-state index contributed by atoms with van der Waals surface area (Å²) in [4.78, 5) is 37.6. The van der Waals surface area contributed by atoms with Crippen LogP contribution in [-0.2, 0) is 28.6 Å². The molecule has 0 aliphatic carbocycles. The molecule has 1 atom stereocenters. The number of carbonyl (C=O) groups is 3. The standard InChI is InChI=1S/C50H84O6/c1-4-7-10-13-16-18-20-22-24-25-26-28-29-31-34-37-40-43-49(52)55-46-47(45-54-48(51)42-39-36-33-15-12-9-6-3)56-50(53)44-41-38-35-32-30-27-23-21-19-17-14-11-8-5-2/h7,10,16,18,21-24,26,28,31,34,47H,4-6,8-9,11-15,17,19-20,25,27,29-30,32-33,35-46H2,1-3H3/b10-7-,18-16-,23-21-,24-22-,28-26-,34-31-. The molecule has 0 rings (SSSR count). The van der Waals surface area contributed by atoms with Gasteiger partial charge in [0.1, 0.15) is 13.2 Å². The normalized spacial score (nSPS) is 12.7. The van der Waals surface area contributed by atoms with Gasteiger partial charge in [-0.15, -0.1) is 0 Å². The fraction of sp³-hybridized carbons (Fsp3) is 0.700. The van der Waals surface area contributed by atoms with Crippen molar-refractivity contribution in [1.29, 1.82) is 0 Å². The van der Waals surface area contributed by atoms with Gasteiger partial charge in [0.15, 0.2) is 6.10 Å². The SMILES string of the molecule is CC/C=C\C/C=C\C/C=C\C/C=C\C/C=C\CCCC(=O)OCC(COC(=O)CCCCCCCCC)OC(=O)CCCCCCC/C=C\CCCCCCC. The van der Waals surface area contributed by atoms with Crippen molar-refractivity contribution in [2.45, 2.75) is 213 Å². The molecule has 0 saturated heterocycles. The van der Waals surface area contributed by atoms with E-state index in [4.69, 9.17) is 14.2 Å². The molecule has 320 valence electrons. The van der Waals surface area contributed by atoms with Gasteiger partial charge >= 0.3 is 17.9 Å². The van der Waals surface area contributed by atoms with Gasteiger partial charge in [-0.05, 0) is 83.5 Å². The second-order valence-electron chi connectivity index (χ2n) is 14.9. The van der Waals surface area contributed by atoms with Gasteiger partial charge in [-0.1, -0.05) is 177 Å². The highest BCUT2D eigenvalue weighted by molar-refractivity contribution is 5.71. The summed E-state index contributed by atoms with van der Waals surface area (Å²) >= 11 is 0. The van der Waals surface area contributed by atoms with Crippen LogP contribution in [0.2, 0.25) is 0 Å². The number of esters is 3. The topological polar surface area (TPSA) is 78.9 Å². The highest BCUT2D eigenvalue weighted by atomic mass is 16.6. The van der Waals surface area contributed by atoms with E-state index in [0.717, 1.165) is 89.9 Å². The molecule has 0 saturated carbocycles. The van der Waals surface area contributed by atoms with E-state index < -0.39 is 6.10 Å². The van der Waals surface area contributed by atoms with Crippen molar-refractivity contribution in [3.63, 3.8) is 0 Å². The first kappa shape index (κ1) is 52.9. The minimum Gasteiger partial charge on any atom is -0.462 e. The zero-order valence-electron chi connectivity index (χ0n) is 36.4.